The molecular weight excluding hydrogens is 384 g/mol. The van der Waals surface area contributed by atoms with E-state index in [9.17, 15) is 0 Å². The first-order valence-corrected chi connectivity index (χ1v) is 11.4. The molecule has 0 radical (unpaired) electrons. The van der Waals surface area contributed by atoms with Crippen molar-refractivity contribution in [1.29, 1.82) is 0 Å². The summed E-state index contributed by atoms with van der Waals surface area (Å²) in [6.45, 7) is 0. The van der Waals surface area contributed by atoms with Crippen molar-refractivity contribution in [3.8, 4) is 0 Å². The van der Waals surface area contributed by atoms with E-state index in [0.29, 0.717) is 0 Å². The fraction of sp³-hybridized carbons (Fsp3) is 0. The summed E-state index contributed by atoms with van der Waals surface area (Å²) in [5.41, 5.74) is 0. The first-order valence-electron chi connectivity index (χ1n) is 8.94. The zero-order valence-electron chi connectivity index (χ0n) is 14.2. The van der Waals surface area contributed by atoms with Crippen molar-refractivity contribution >= 4 is 94.5 Å². The van der Waals surface area contributed by atoms with Crippen LogP contribution in [-0.2, 0) is 0 Å². The van der Waals surface area contributed by atoms with Crippen molar-refractivity contribution in [2.24, 2.45) is 0 Å². The van der Waals surface area contributed by atoms with Crippen molar-refractivity contribution in [3.63, 3.8) is 0 Å². The van der Waals surface area contributed by atoms with Crippen molar-refractivity contribution < 1.29 is 0 Å². The SMILES string of the molecule is c1ccc2cc3c(cc2c1)sc1cc2c(cc13)sc1c3ccccc3sc21. The van der Waals surface area contributed by atoms with Crippen LogP contribution in [0.2, 0.25) is 0 Å². The van der Waals surface area contributed by atoms with Crippen LogP contribution in [0.4, 0.5) is 0 Å². The average molecular weight is 397 g/mol. The standard InChI is InChI=1S/C24H12S3/c1-2-6-14-10-20-16(9-13(14)5-1)17-11-22-18(12-21(17)25-20)24-23(27-22)15-7-3-4-8-19(15)26-24/h1-12H. The fourth-order valence-corrected chi connectivity index (χ4v) is 7.98. The molecule has 27 heavy (non-hydrogen) atoms. The summed E-state index contributed by atoms with van der Waals surface area (Å²) in [7, 11) is 0. The molecule has 0 spiro atoms. The third-order valence-electron chi connectivity index (χ3n) is 5.45. The van der Waals surface area contributed by atoms with Crippen LogP contribution in [-0.4, -0.2) is 0 Å². The average Bonchev–Trinajstić information content (AvgIpc) is 3.34. The van der Waals surface area contributed by atoms with Gasteiger partial charge in [0.15, 0.2) is 0 Å². The number of rotatable bonds is 0. The molecule has 3 heteroatoms. The minimum atomic E-state index is 1.32. The highest BCUT2D eigenvalue weighted by Crippen LogP contribution is 2.47. The Labute approximate surface area is 166 Å². The number of hydrogen-bond donors (Lipinski definition) is 0. The summed E-state index contributed by atoms with van der Waals surface area (Å²) in [6, 6.07) is 27.0. The Bertz CT molecular complexity index is 1660. The molecule has 7 rings (SSSR count). The first kappa shape index (κ1) is 14.6. The van der Waals surface area contributed by atoms with Gasteiger partial charge in [0, 0.05) is 40.3 Å². The molecule has 0 saturated carbocycles. The molecule has 126 valence electrons. The molecule has 0 atom stereocenters. The highest BCUT2D eigenvalue weighted by atomic mass is 32.1. The predicted octanol–water partition coefficient (Wildman–Crippen LogP) is 8.79. The predicted molar refractivity (Wildman–Crippen MR) is 125 cm³/mol. The fourth-order valence-electron chi connectivity index (χ4n) is 4.16. The van der Waals surface area contributed by atoms with Crippen LogP contribution in [0.1, 0.15) is 0 Å². The van der Waals surface area contributed by atoms with Gasteiger partial charge in [-0.25, -0.2) is 0 Å². The van der Waals surface area contributed by atoms with Crippen LogP contribution >= 0.6 is 34.0 Å². The molecule has 0 aliphatic carbocycles. The van der Waals surface area contributed by atoms with Gasteiger partial charge in [0.05, 0.1) is 9.40 Å². The minimum absolute atomic E-state index is 1.32. The maximum atomic E-state index is 2.42. The van der Waals surface area contributed by atoms with Gasteiger partial charge in [-0.05, 0) is 41.1 Å². The smallest absolute Gasteiger partial charge is 0.0542 e. The molecule has 0 amide bonds. The Balaban J connectivity index is 1.64. The zero-order valence-corrected chi connectivity index (χ0v) is 16.6. The maximum absolute atomic E-state index is 2.42. The van der Waals surface area contributed by atoms with Gasteiger partial charge in [0.2, 0.25) is 0 Å². The summed E-state index contributed by atoms with van der Waals surface area (Å²) in [5.74, 6) is 0. The molecule has 0 fully saturated rings. The number of fused-ring (bicyclic) bond motifs is 9. The summed E-state index contributed by atoms with van der Waals surface area (Å²) < 4.78 is 8.46. The van der Waals surface area contributed by atoms with E-state index in [4.69, 9.17) is 0 Å². The van der Waals surface area contributed by atoms with Gasteiger partial charge < -0.3 is 0 Å². The van der Waals surface area contributed by atoms with Crippen molar-refractivity contribution in [3.05, 3.63) is 72.8 Å². The van der Waals surface area contributed by atoms with Gasteiger partial charge in [-0.3, -0.25) is 0 Å². The molecule has 3 aromatic heterocycles. The Kier molecular flexibility index (Phi) is 2.74. The molecule has 0 bridgehead atoms. The summed E-state index contributed by atoms with van der Waals surface area (Å²) in [5, 5.41) is 8.25. The summed E-state index contributed by atoms with van der Waals surface area (Å²) in [6.07, 6.45) is 0. The van der Waals surface area contributed by atoms with E-state index in [1.54, 1.807) is 0 Å². The van der Waals surface area contributed by atoms with Crippen molar-refractivity contribution in [2.75, 3.05) is 0 Å². The maximum Gasteiger partial charge on any atom is 0.0542 e. The molecule has 0 N–H and O–H groups in total. The second-order valence-electron chi connectivity index (χ2n) is 7.00. The molecule has 0 unspecified atom stereocenters. The van der Waals surface area contributed by atoms with Gasteiger partial charge in [0.1, 0.15) is 0 Å². The lowest BCUT2D eigenvalue weighted by atomic mass is 10.1. The highest BCUT2D eigenvalue weighted by molar-refractivity contribution is 7.36. The van der Waals surface area contributed by atoms with E-state index in [1.807, 2.05) is 34.0 Å². The first-order chi connectivity index (χ1) is 13.3. The van der Waals surface area contributed by atoms with Crippen LogP contribution in [0.5, 0.6) is 0 Å². The minimum Gasteiger partial charge on any atom is -0.135 e. The van der Waals surface area contributed by atoms with Crippen LogP contribution in [0, 0.1) is 0 Å². The molecule has 0 saturated heterocycles. The van der Waals surface area contributed by atoms with Crippen LogP contribution < -0.4 is 0 Å². The molecule has 7 aromatic rings. The second kappa shape index (κ2) is 5.08. The van der Waals surface area contributed by atoms with E-state index >= 15 is 0 Å². The van der Waals surface area contributed by atoms with Crippen LogP contribution in [0.25, 0.3) is 60.5 Å². The third kappa shape index (κ3) is 1.91. The van der Waals surface area contributed by atoms with Crippen LogP contribution in [0.3, 0.4) is 0 Å². The van der Waals surface area contributed by atoms with E-state index < -0.39 is 0 Å². The van der Waals surface area contributed by atoms with Gasteiger partial charge in [-0.15, -0.1) is 34.0 Å². The number of thiophene rings is 3. The Hall–Kier alpha value is -2.46. The quantitative estimate of drug-likeness (QED) is 0.240. The van der Waals surface area contributed by atoms with Crippen molar-refractivity contribution in [1.82, 2.24) is 0 Å². The van der Waals surface area contributed by atoms with Gasteiger partial charge in [-0.2, -0.15) is 0 Å². The summed E-state index contributed by atoms with van der Waals surface area (Å²) >= 11 is 5.79. The molecule has 3 heterocycles. The molecule has 0 aliphatic heterocycles. The van der Waals surface area contributed by atoms with E-state index in [0.717, 1.165) is 0 Å². The normalized spacial score (nSPS) is 12.4. The van der Waals surface area contributed by atoms with E-state index in [1.165, 1.54) is 60.5 Å². The molecular formula is C24H12S3. The van der Waals surface area contributed by atoms with Gasteiger partial charge in [-0.1, -0.05) is 42.5 Å². The van der Waals surface area contributed by atoms with E-state index in [-0.39, 0.29) is 0 Å². The Morgan fingerprint density at radius 1 is 0.407 bits per heavy atom. The van der Waals surface area contributed by atoms with Gasteiger partial charge >= 0.3 is 0 Å². The zero-order chi connectivity index (χ0) is 17.5. The Morgan fingerprint density at radius 2 is 1.00 bits per heavy atom. The lowest BCUT2D eigenvalue weighted by molar-refractivity contribution is 1.82. The van der Waals surface area contributed by atoms with Gasteiger partial charge in [0.25, 0.3) is 0 Å². The second-order valence-corrected chi connectivity index (χ2v) is 10.2. The topological polar surface area (TPSA) is 0 Å². The third-order valence-corrected chi connectivity index (χ3v) is 9.08. The lowest BCUT2D eigenvalue weighted by Gasteiger charge is -1.98. The monoisotopic (exact) mass is 396 g/mol. The lowest BCUT2D eigenvalue weighted by Crippen LogP contribution is -1.72. The van der Waals surface area contributed by atoms with E-state index in [2.05, 4.69) is 72.8 Å². The van der Waals surface area contributed by atoms with Crippen LogP contribution in [0.15, 0.2) is 72.8 Å². The largest absolute Gasteiger partial charge is 0.135 e. The Morgan fingerprint density at radius 3 is 1.93 bits per heavy atom. The molecule has 0 aliphatic rings. The number of benzene rings is 4. The summed E-state index contributed by atoms with van der Waals surface area (Å²) in [4.78, 5) is 0. The highest BCUT2D eigenvalue weighted by Gasteiger charge is 2.14. The van der Waals surface area contributed by atoms with Crippen molar-refractivity contribution in [2.45, 2.75) is 0 Å². The number of hydrogen-bond acceptors (Lipinski definition) is 3. The molecule has 4 aromatic carbocycles. The molecule has 0 nitrogen and oxygen atoms in total.